The molecule has 126 valence electrons. The molecule has 1 aromatic rings. The Kier molecular flexibility index (Phi) is 7.97. The number of rotatable bonds is 9. The van der Waals surface area contributed by atoms with Gasteiger partial charge in [0.25, 0.3) is 0 Å². The number of aromatic nitrogens is 1. The molecule has 0 atom stereocenters. The molecule has 0 bridgehead atoms. The van der Waals surface area contributed by atoms with Gasteiger partial charge >= 0.3 is 0 Å². The summed E-state index contributed by atoms with van der Waals surface area (Å²) in [4.78, 5) is 4.15. The van der Waals surface area contributed by atoms with Crippen molar-refractivity contribution >= 4 is 16.0 Å². The zero-order valence-corrected chi connectivity index (χ0v) is 14.4. The van der Waals surface area contributed by atoms with Crippen LogP contribution in [0.25, 0.3) is 0 Å². The largest absolute Gasteiger partial charge is 0.356 e. The van der Waals surface area contributed by atoms with Crippen LogP contribution in [0.3, 0.4) is 0 Å². The van der Waals surface area contributed by atoms with Gasteiger partial charge in [-0.3, -0.25) is 4.99 Å². The first kappa shape index (κ1) is 18.5. The summed E-state index contributed by atoms with van der Waals surface area (Å²) in [5, 5.41) is 6.41. The third kappa shape index (κ3) is 6.95. The second-order valence-corrected chi connectivity index (χ2v) is 6.94. The lowest BCUT2D eigenvalue weighted by Gasteiger charge is -2.18. The van der Waals surface area contributed by atoms with Gasteiger partial charge in [-0.1, -0.05) is 6.92 Å². The molecule has 0 fully saturated rings. The van der Waals surface area contributed by atoms with Crippen LogP contribution in [-0.4, -0.2) is 62.7 Å². The first-order valence-corrected chi connectivity index (χ1v) is 9.32. The van der Waals surface area contributed by atoms with Crippen molar-refractivity contribution in [2.75, 3.05) is 39.5 Å². The van der Waals surface area contributed by atoms with E-state index in [9.17, 15) is 8.42 Å². The van der Waals surface area contributed by atoms with E-state index in [-0.39, 0.29) is 0 Å². The summed E-state index contributed by atoms with van der Waals surface area (Å²) >= 11 is 0. The fourth-order valence-electron chi connectivity index (χ4n) is 2.06. The summed E-state index contributed by atoms with van der Waals surface area (Å²) in [6.07, 6.45) is 6.01. The second-order valence-electron chi connectivity index (χ2n) is 4.95. The fourth-order valence-corrected chi connectivity index (χ4v) is 2.99. The minimum atomic E-state index is -3.10. The van der Waals surface area contributed by atoms with Crippen LogP contribution in [0.1, 0.15) is 13.3 Å². The maximum atomic E-state index is 11.5. The van der Waals surface area contributed by atoms with Crippen LogP contribution in [0.2, 0.25) is 0 Å². The van der Waals surface area contributed by atoms with Gasteiger partial charge in [0.1, 0.15) is 0 Å². The normalized spacial score (nSPS) is 12.6. The van der Waals surface area contributed by atoms with E-state index in [2.05, 4.69) is 20.2 Å². The third-order valence-corrected chi connectivity index (χ3v) is 4.63. The van der Waals surface area contributed by atoms with Crippen molar-refractivity contribution in [2.24, 2.45) is 4.99 Å². The van der Waals surface area contributed by atoms with Crippen molar-refractivity contribution in [2.45, 2.75) is 19.9 Å². The summed E-state index contributed by atoms with van der Waals surface area (Å²) in [5.74, 6) is 0.731. The molecule has 0 saturated heterocycles. The average Bonchev–Trinajstić information content (AvgIpc) is 2.97. The minimum Gasteiger partial charge on any atom is -0.356 e. The first-order valence-electron chi connectivity index (χ1n) is 7.47. The van der Waals surface area contributed by atoms with Crippen LogP contribution in [0.4, 0.5) is 0 Å². The highest BCUT2D eigenvalue weighted by Crippen LogP contribution is 1.98. The van der Waals surface area contributed by atoms with E-state index in [1.807, 2.05) is 31.5 Å². The molecule has 0 aliphatic carbocycles. The van der Waals surface area contributed by atoms with E-state index >= 15 is 0 Å². The van der Waals surface area contributed by atoms with Gasteiger partial charge in [-0.15, -0.1) is 0 Å². The number of guanidine groups is 1. The molecule has 0 aromatic carbocycles. The zero-order valence-electron chi connectivity index (χ0n) is 13.6. The maximum Gasteiger partial charge on any atom is 0.211 e. The molecule has 0 aliphatic heterocycles. The Morgan fingerprint density at radius 3 is 2.41 bits per heavy atom. The molecule has 0 spiro atoms. The van der Waals surface area contributed by atoms with Gasteiger partial charge in [0, 0.05) is 52.2 Å². The Morgan fingerprint density at radius 1 is 1.23 bits per heavy atom. The molecule has 0 amide bonds. The van der Waals surface area contributed by atoms with E-state index in [1.165, 1.54) is 10.6 Å². The molecule has 1 heterocycles. The van der Waals surface area contributed by atoms with Gasteiger partial charge in [-0.25, -0.2) is 12.7 Å². The van der Waals surface area contributed by atoms with E-state index in [0.717, 1.165) is 25.5 Å². The molecule has 22 heavy (non-hydrogen) atoms. The smallest absolute Gasteiger partial charge is 0.211 e. The molecule has 0 unspecified atom stereocenters. The highest BCUT2D eigenvalue weighted by molar-refractivity contribution is 7.88. The molecular formula is C14H27N5O2S. The van der Waals surface area contributed by atoms with Crippen molar-refractivity contribution in [1.82, 2.24) is 19.5 Å². The minimum absolute atomic E-state index is 0.503. The number of sulfonamides is 1. The van der Waals surface area contributed by atoms with Gasteiger partial charge < -0.3 is 15.2 Å². The first-order chi connectivity index (χ1) is 10.5. The Labute approximate surface area is 133 Å². The average molecular weight is 329 g/mol. The van der Waals surface area contributed by atoms with Crippen molar-refractivity contribution in [3.8, 4) is 0 Å². The van der Waals surface area contributed by atoms with Crippen LogP contribution in [0, 0.1) is 0 Å². The lowest BCUT2D eigenvalue weighted by molar-refractivity contribution is 0.424. The van der Waals surface area contributed by atoms with Crippen LogP contribution in [0.5, 0.6) is 0 Å². The molecule has 0 aliphatic rings. The second kappa shape index (κ2) is 9.47. The quantitative estimate of drug-likeness (QED) is 0.389. The van der Waals surface area contributed by atoms with Gasteiger partial charge in [0.15, 0.2) is 5.96 Å². The summed E-state index contributed by atoms with van der Waals surface area (Å²) in [7, 11) is -1.38. The molecule has 8 heteroatoms. The summed E-state index contributed by atoms with van der Waals surface area (Å²) in [6.45, 7) is 5.18. The van der Waals surface area contributed by atoms with E-state index in [0.29, 0.717) is 19.6 Å². The fraction of sp³-hybridized carbons (Fsp3) is 0.643. The molecule has 1 rings (SSSR count). The van der Waals surface area contributed by atoms with Crippen LogP contribution < -0.4 is 10.6 Å². The van der Waals surface area contributed by atoms with Gasteiger partial charge in [0.05, 0.1) is 6.26 Å². The van der Waals surface area contributed by atoms with Crippen LogP contribution >= 0.6 is 0 Å². The molecule has 1 aromatic heterocycles. The highest BCUT2D eigenvalue weighted by Gasteiger charge is 2.13. The third-order valence-electron chi connectivity index (χ3n) is 3.25. The lowest BCUT2D eigenvalue weighted by atomic mass is 10.4. The number of hydrogen-bond acceptors (Lipinski definition) is 3. The van der Waals surface area contributed by atoms with E-state index in [1.54, 1.807) is 7.05 Å². The molecule has 0 saturated carbocycles. The van der Waals surface area contributed by atoms with Gasteiger partial charge in [0.2, 0.25) is 10.0 Å². The van der Waals surface area contributed by atoms with Crippen molar-refractivity contribution < 1.29 is 8.42 Å². The molecular weight excluding hydrogens is 302 g/mol. The van der Waals surface area contributed by atoms with Crippen molar-refractivity contribution in [3.05, 3.63) is 24.5 Å². The van der Waals surface area contributed by atoms with E-state index < -0.39 is 10.0 Å². The van der Waals surface area contributed by atoms with Gasteiger partial charge in [-0.05, 0) is 18.6 Å². The highest BCUT2D eigenvalue weighted by atomic mass is 32.2. The standard InChI is InChI=1S/C14H27N5O2S/c1-4-19(22(3,20)21)12-7-8-16-14(15-2)17-9-13-18-10-5-6-11-18/h5-6,10-11H,4,7-9,12-13H2,1-3H3,(H2,15,16,17). The number of hydrogen-bond donors (Lipinski definition) is 2. The predicted octanol–water partition coefficient (Wildman–Crippen LogP) is 0.325. The summed E-state index contributed by atoms with van der Waals surface area (Å²) in [6, 6.07) is 3.99. The Balaban J connectivity index is 2.21. The van der Waals surface area contributed by atoms with Crippen LogP contribution in [-0.2, 0) is 16.6 Å². The molecule has 2 N–H and O–H groups in total. The monoisotopic (exact) mass is 329 g/mol. The molecule has 0 radical (unpaired) electrons. The summed E-state index contributed by atoms with van der Waals surface area (Å²) in [5.41, 5.74) is 0. The topological polar surface area (TPSA) is 78.7 Å². The van der Waals surface area contributed by atoms with Crippen LogP contribution in [0.15, 0.2) is 29.5 Å². The Morgan fingerprint density at radius 2 is 1.86 bits per heavy atom. The maximum absolute atomic E-state index is 11.5. The SMILES string of the molecule is CCN(CCCNC(=NC)NCCn1cccc1)S(C)(=O)=O. The van der Waals surface area contributed by atoms with Gasteiger partial charge in [-0.2, -0.15) is 0 Å². The van der Waals surface area contributed by atoms with E-state index in [4.69, 9.17) is 0 Å². The predicted molar refractivity (Wildman–Crippen MR) is 90.5 cm³/mol. The number of nitrogens with zero attached hydrogens (tertiary/aromatic N) is 3. The van der Waals surface area contributed by atoms with Crippen molar-refractivity contribution in [3.63, 3.8) is 0 Å². The number of aliphatic imine (C=N–C) groups is 1. The zero-order chi connectivity index (χ0) is 16.4. The summed E-state index contributed by atoms with van der Waals surface area (Å²) < 4.78 is 26.5. The lowest BCUT2D eigenvalue weighted by Crippen LogP contribution is -2.40. The number of nitrogens with one attached hydrogen (secondary N) is 2. The Hall–Kier alpha value is -1.54. The van der Waals surface area contributed by atoms with Crippen molar-refractivity contribution in [1.29, 1.82) is 0 Å². The molecule has 7 nitrogen and oxygen atoms in total. The Bertz CT molecular complexity index is 540.